The first-order valence-corrected chi connectivity index (χ1v) is 27.5. The number of nitrogens with one attached hydrogen (secondary N) is 2. The van der Waals surface area contributed by atoms with Crippen LogP contribution in [-0.4, -0.2) is 205 Å². The van der Waals surface area contributed by atoms with Crippen molar-refractivity contribution in [3.63, 3.8) is 0 Å². The van der Waals surface area contributed by atoms with Crippen LogP contribution in [0.4, 0.5) is 5.69 Å². The summed E-state index contributed by atoms with van der Waals surface area (Å²) in [7, 11) is 0. The Morgan fingerprint density at radius 2 is 1.36 bits per heavy atom. The lowest BCUT2D eigenvalue weighted by molar-refractivity contribution is -0.173. The highest BCUT2D eigenvalue weighted by Gasteiger charge is 2.73. The molecule has 1 saturated carbocycles. The standard InChI is InChI=1S/C57H72N8O13/c66-44-16-13-38-27-45-57(77)28-42-41-6-3-4-7-43(41)65(53(42)55-56(57,52(38)54(44)78-55)17-19-64(45)29-37-9-10-37)31-47(68)58-18-5-1-2-8-46(67)59-39-14-11-36(12-15-39)26-40-30-62(34-50(73)74)23-22-60(32-48(69)70)20-21-61(33-49(71)72)24-25-63(40)35-51(75)76/h3-4,6-7,11-16,37,40,45,55,66,77H,1-2,5,8-10,17-35H2,(H,58,68)(H,59,67)(H,69,70)(H,71,72)(H,73,74)(H,75,76)/t40?,45-,55-,56-,57+/m0/s1. The summed E-state index contributed by atoms with van der Waals surface area (Å²) >= 11 is 0. The number of nitrogens with zero attached hydrogens (tertiary/aromatic N) is 6. The average Bonchev–Trinajstić information content (AvgIpc) is 2.09. The van der Waals surface area contributed by atoms with Crippen molar-refractivity contribution in [3.05, 3.63) is 88.6 Å². The first kappa shape index (κ1) is 54.7. The number of carboxylic acids is 4. The summed E-state index contributed by atoms with van der Waals surface area (Å²) in [6.45, 7) is 2.16. The van der Waals surface area contributed by atoms with Crippen LogP contribution in [0, 0.1) is 5.92 Å². The summed E-state index contributed by atoms with van der Waals surface area (Å²) < 4.78 is 8.95. The monoisotopic (exact) mass is 1080 g/mol. The van der Waals surface area contributed by atoms with Gasteiger partial charge in [-0.15, -0.1) is 0 Å². The summed E-state index contributed by atoms with van der Waals surface area (Å²) in [6.07, 6.45) is 6.10. The summed E-state index contributed by atoms with van der Waals surface area (Å²) in [4.78, 5) is 83.8. The molecule has 1 unspecified atom stereocenters. The van der Waals surface area contributed by atoms with Crippen LogP contribution >= 0.6 is 0 Å². The number of likely N-dealkylation sites (tertiary alicyclic amines) is 1. The number of phenols is 1. The topological polar surface area (TPSA) is 278 Å². The van der Waals surface area contributed by atoms with Gasteiger partial charge < -0.3 is 50.6 Å². The number of phenolic OH excluding ortho intramolecular Hbond substituents is 1. The molecule has 418 valence electrons. The van der Waals surface area contributed by atoms with Gasteiger partial charge in [0.25, 0.3) is 0 Å². The van der Waals surface area contributed by atoms with Gasteiger partial charge in [-0.2, -0.15) is 0 Å². The van der Waals surface area contributed by atoms with E-state index in [1.165, 1.54) is 12.8 Å². The second kappa shape index (κ2) is 23.0. The molecule has 1 aromatic heterocycles. The van der Waals surface area contributed by atoms with Crippen molar-refractivity contribution >= 4 is 52.3 Å². The van der Waals surface area contributed by atoms with E-state index in [1.54, 1.807) is 37.8 Å². The number of aliphatic hydroxyl groups is 1. The Kier molecular flexibility index (Phi) is 16.1. The minimum Gasteiger partial charge on any atom is -0.504 e. The molecule has 2 bridgehead atoms. The largest absolute Gasteiger partial charge is 0.504 e. The van der Waals surface area contributed by atoms with Gasteiger partial charge >= 0.3 is 23.9 Å². The normalized spacial score (nSPS) is 24.8. The molecule has 0 radical (unpaired) electrons. The van der Waals surface area contributed by atoms with Crippen molar-refractivity contribution in [3.8, 4) is 11.5 Å². The smallest absolute Gasteiger partial charge is 0.317 e. The molecule has 10 rings (SSSR count). The third-order valence-electron chi connectivity index (χ3n) is 17.3. The third-order valence-corrected chi connectivity index (χ3v) is 17.3. The number of rotatable bonds is 21. The van der Waals surface area contributed by atoms with Crippen LogP contribution in [0.3, 0.4) is 0 Å². The molecule has 3 aliphatic carbocycles. The number of para-hydroxylation sites is 1. The zero-order valence-corrected chi connectivity index (χ0v) is 44.0. The molecular formula is C57H72N8O13. The van der Waals surface area contributed by atoms with Gasteiger partial charge in [-0.3, -0.25) is 53.3 Å². The molecule has 2 saturated heterocycles. The SMILES string of the molecule is O=C(O)CN1CCN(CC(=O)O)CCN(CC(=O)O)C(Cc2ccc(NC(=O)CCCCCNC(=O)Cn3c4c(c5ccccc53)C[C@@]3(O)[C@@H]5Cc6ccc(O)c7c6[C@@]3(CCN5CC3CC3)[C@H]4O7)cc2)CN(CC(=O)O)CC1. The van der Waals surface area contributed by atoms with Crippen molar-refractivity contribution in [1.29, 1.82) is 0 Å². The molecular weight excluding hydrogens is 1000 g/mol. The quantitative estimate of drug-likeness (QED) is 0.0557. The van der Waals surface area contributed by atoms with E-state index in [1.807, 2.05) is 36.4 Å². The van der Waals surface area contributed by atoms with E-state index in [0.717, 1.165) is 51.9 Å². The number of fused-ring (bicyclic) bond motifs is 4. The maximum atomic E-state index is 13.9. The molecule has 1 spiro atoms. The van der Waals surface area contributed by atoms with Crippen LogP contribution in [0.5, 0.6) is 11.5 Å². The second-order valence-corrected chi connectivity index (χ2v) is 22.5. The number of benzene rings is 3. The minimum absolute atomic E-state index is 0.0463. The van der Waals surface area contributed by atoms with E-state index in [2.05, 4.69) is 26.2 Å². The summed E-state index contributed by atoms with van der Waals surface area (Å²) in [5.41, 5.74) is 4.24. The number of hydrogen-bond acceptors (Lipinski definition) is 14. The zero-order valence-electron chi connectivity index (χ0n) is 44.0. The van der Waals surface area contributed by atoms with Crippen molar-refractivity contribution in [2.24, 2.45) is 5.92 Å². The number of aliphatic carboxylic acids is 4. The zero-order chi connectivity index (χ0) is 54.9. The fourth-order valence-corrected chi connectivity index (χ4v) is 13.6. The number of anilines is 1. The number of aromatic hydroxyl groups is 1. The van der Waals surface area contributed by atoms with Crippen LogP contribution in [0.25, 0.3) is 10.9 Å². The summed E-state index contributed by atoms with van der Waals surface area (Å²) in [5, 5.41) is 70.5. The van der Waals surface area contributed by atoms with Gasteiger partial charge in [0.2, 0.25) is 11.8 Å². The Morgan fingerprint density at radius 1 is 0.692 bits per heavy atom. The van der Waals surface area contributed by atoms with Crippen molar-refractivity contribution in [2.45, 2.75) is 100.0 Å². The Hall–Kier alpha value is -6.62. The highest BCUT2D eigenvalue weighted by atomic mass is 16.5. The molecule has 2 amide bonds. The first-order valence-electron chi connectivity index (χ1n) is 27.5. The lowest BCUT2D eigenvalue weighted by atomic mass is 9.49. The number of amides is 2. The van der Waals surface area contributed by atoms with E-state index in [9.17, 15) is 59.4 Å². The van der Waals surface area contributed by atoms with Gasteiger partial charge in [0, 0.05) is 106 Å². The Morgan fingerprint density at radius 3 is 2.05 bits per heavy atom. The molecule has 4 aromatic rings. The summed E-state index contributed by atoms with van der Waals surface area (Å²) in [5.74, 6) is -3.51. The Bertz CT molecular complexity index is 2930. The molecule has 5 atom stereocenters. The van der Waals surface area contributed by atoms with Crippen molar-refractivity contribution < 1.29 is 64.1 Å². The van der Waals surface area contributed by atoms with E-state index in [4.69, 9.17) is 4.74 Å². The fraction of sp³-hybridized carbons (Fsp3) is 0.544. The highest BCUT2D eigenvalue weighted by Crippen LogP contribution is 2.69. The third kappa shape index (κ3) is 11.4. The molecule has 78 heavy (non-hydrogen) atoms. The molecule has 3 aliphatic heterocycles. The molecule has 21 heteroatoms. The van der Waals surface area contributed by atoms with Gasteiger partial charge in [0.15, 0.2) is 17.6 Å². The number of hydrogen-bond donors (Lipinski definition) is 8. The van der Waals surface area contributed by atoms with Gasteiger partial charge in [0.1, 0.15) is 6.54 Å². The maximum absolute atomic E-state index is 13.9. The number of carbonyl (C=O) groups is 6. The number of ether oxygens (including phenoxy) is 1. The predicted octanol–water partition coefficient (Wildman–Crippen LogP) is 2.83. The van der Waals surface area contributed by atoms with Crippen LogP contribution in [0.2, 0.25) is 0 Å². The maximum Gasteiger partial charge on any atom is 0.317 e. The van der Waals surface area contributed by atoms with E-state index < -0.39 is 47.0 Å². The lowest BCUT2D eigenvalue weighted by Gasteiger charge is -2.63. The highest BCUT2D eigenvalue weighted by molar-refractivity contribution is 5.91. The first-order chi connectivity index (χ1) is 37.5. The van der Waals surface area contributed by atoms with Crippen molar-refractivity contribution in [2.75, 3.05) is 96.9 Å². The number of unbranched alkanes of at least 4 members (excludes halogenated alkanes) is 2. The predicted molar refractivity (Wildman–Crippen MR) is 286 cm³/mol. The molecule has 6 aliphatic rings. The van der Waals surface area contributed by atoms with Crippen LogP contribution in [0.15, 0.2) is 60.7 Å². The number of aromatic nitrogens is 1. The van der Waals surface area contributed by atoms with Gasteiger partial charge in [0.05, 0.1) is 42.9 Å². The van der Waals surface area contributed by atoms with Crippen molar-refractivity contribution in [1.82, 2.24) is 34.4 Å². The molecule has 21 nitrogen and oxygen atoms in total. The average molecular weight is 1080 g/mol. The second-order valence-electron chi connectivity index (χ2n) is 22.5. The number of piperidine rings is 1. The minimum atomic E-state index is -1.14. The Labute approximate surface area is 452 Å². The van der Waals surface area contributed by atoms with Gasteiger partial charge in [-0.25, -0.2) is 0 Å². The molecule has 8 N–H and O–H groups in total. The van der Waals surface area contributed by atoms with E-state index >= 15 is 0 Å². The number of carbonyl (C=O) groups excluding carboxylic acids is 2. The van der Waals surface area contributed by atoms with Gasteiger partial charge in [-0.05, 0) is 98.4 Å². The lowest BCUT2D eigenvalue weighted by Crippen LogP contribution is -2.74. The fourth-order valence-electron chi connectivity index (χ4n) is 13.6. The summed E-state index contributed by atoms with van der Waals surface area (Å²) in [6, 6.07) is 18.2. The van der Waals surface area contributed by atoms with E-state index in [-0.39, 0.29) is 109 Å². The number of carboxylic acid groups (broad SMARTS) is 4. The van der Waals surface area contributed by atoms with Crippen LogP contribution in [-0.2, 0) is 60.0 Å². The molecule has 3 aromatic carbocycles. The molecule has 3 fully saturated rings. The van der Waals surface area contributed by atoms with Crippen LogP contribution in [0.1, 0.15) is 79.0 Å². The molecule has 4 heterocycles. The van der Waals surface area contributed by atoms with E-state index in [0.29, 0.717) is 68.8 Å². The Balaban J connectivity index is 0.741. The van der Waals surface area contributed by atoms with Crippen LogP contribution < -0.4 is 15.4 Å². The van der Waals surface area contributed by atoms with Gasteiger partial charge in [-0.1, -0.05) is 42.8 Å².